The van der Waals surface area contributed by atoms with Crippen molar-refractivity contribution in [2.24, 2.45) is 5.73 Å². The van der Waals surface area contributed by atoms with E-state index in [0.29, 0.717) is 6.61 Å². The number of benzene rings is 1. The molecule has 1 rings (SSSR count). The van der Waals surface area contributed by atoms with Gasteiger partial charge in [0.2, 0.25) is 0 Å². The second kappa shape index (κ2) is 14.4. The largest absolute Gasteiger partial charge is 0.467 e. The molecule has 0 atom stereocenters. The third-order valence-electron chi connectivity index (χ3n) is 3.71. The van der Waals surface area contributed by atoms with E-state index in [9.17, 15) is 0 Å². The van der Waals surface area contributed by atoms with Gasteiger partial charge in [0.25, 0.3) is 0 Å². The van der Waals surface area contributed by atoms with Crippen molar-refractivity contribution < 1.29 is 9.47 Å². The second-order valence-electron chi connectivity index (χ2n) is 6.52. The minimum atomic E-state index is 0.287. The molecule has 0 aliphatic rings. The fourth-order valence-corrected chi connectivity index (χ4v) is 2.34. The van der Waals surface area contributed by atoms with Crippen LogP contribution in [0.1, 0.15) is 24.5 Å². The van der Waals surface area contributed by atoms with E-state index in [1.807, 2.05) is 26.2 Å². The molecule has 5 nitrogen and oxygen atoms in total. The molecule has 0 unspecified atom stereocenters. The summed E-state index contributed by atoms with van der Waals surface area (Å²) < 4.78 is 11.5. The Balaban J connectivity index is 0.00000194. The fourth-order valence-electron chi connectivity index (χ4n) is 2.34. The van der Waals surface area contributed by atoms with Gasteiger partial charge in [0.1, 0.15) is 5.75 Å². The van der Waals surface area contributed by atoms with Crippen LogP contribution < -0.4 is 10.5 Å². The topological polar surface area (TPSA) is 51.0 Å². The van der Waals surface area contributed by atoms with E-state index in [-0.39, 0.29) is 6.79 Å². The predicted octanol–water partition coefficient (Wildman–Crippen LogP) is 3.35. The number of allylic oxidation sites excluding steroid dienone is 1. The van der Waals surface area contributed by atoms with Gasteiger partial charge in [0, 0.05) is 18.7 Å². The summed E-state index contributed by atoms with van der Waals surface area (Å²) >= 11 is 0. The van der Waals surface area contributed by atoms with Gasteiger partial charge in [-0.2, -0.15) is 0 Å². The molecule has 2 N–H and O–H groups in total. The molecule has 5 heteroatoms. The van der Waals surface area contributed by atoms with Crippen LogP contribution in [0.15, 0.2) is 37.1 Å². The van der Waals surface area contributed by atoms with Gasteiger partial charge in [-0.3, -0.25) is 0 Å². The molecule has 0 saturated carbocycles. The first kappa shape index (κ1) is 24.2. The van der Waals surface area contributed by atoms with Crippen LogP contribution in [0.4, 0.5) is 0 Å². The Kier molecular flexibility index (Phi) is 13.4. The highest BCUT2D eigenvalue weighted by atomic mass is 16.7. The van der Waals surface area contributed by atoms with Gasteiger partial charge in [-0.25, -0.2) is 0 Å². The molecular formula is C21H37N3O2. The number of hydrogen-bond acceptors (Lipinski definition) is 5. The monoisotopic (exact) mass is 363 g/mol. The van der Waals surface area contributed by atoms with E-state index in [1.165, 1.54) is 22.9 Å². The zero-order valence-electron chi connectivity index (χ0n) is 17.4. The van der Waals surface area contributed by atoms with Gasteiger partial charge in [-0.05, 0) is 71.9 Å². The van der Waals surface area contributed by atoms with Crippen LogP contribution in [-0.4, -0.2) is 64.5 Å². The highest BCUT2D eigenvalue weighted by Crippen LogP contribution is 2.31. The zero-order valence-corrected chi connectivity index (χ0v) is 17.4. The highest BCUT2D eigenvalue weighted by molar-refractivity contribution is 5.73. The SMILES string of the molecule is C/C=C(/CCN(C)C)c1c(C)cccc1OCOCCN(C)C.C=CN. The summed E-state index contributed by atoms with van der Waals surface area (Å²) in [5.41, 5.74) is 8.37. The summed E-state index contributed by atoms with van der Waals surface area (Å²) in [6.45, 7) is 10.2. The quantitative estimate of drug-likeness (QED) is 0.510. The average Bonchev–Trinajstić information content (AvgIpc) is 2.57. The van der Waals surface area contributed by atoms with Crippen molar-refractivity contribution in [3.8, 4) is 5.75 Å². The van der Waals surface area contributed by atoms with Crippen molar-refractivity contribution in [3.05, 3.63) is 48.2 Å². The van der Waals surface area contributed by atoms with Gasteiger partial charge >= 0.3 is 0 Å². The molecule has 148 valence electrons. The zero-order chi connectivity index (χ0) is 19.9. The summed E-state index contributed by atoms with van der Waals surface area (Å²) in [6, 6.07) is 6.19. The Morgan fingerprint density at radius 1 is 1.15 bits per heavy atom. The Labute approximate surface area is 160 Å². The first-order valence-corrected chi connectivity index (χ1v) is 8.95. The van der Waals surface area contributed by atoms with Crippen LogP contribution in [0.25, 0.3) is 5.57 Å². The molecule has 0 radical (unpaired) electrons. The van der Waals surface area contributed by atoms with Crippen molar-refractivity contribution in [1.82, 2.24) is 9.80 Å². The molecule has 1 aromatic carbocycles. The molecule has 0 aromatic heterocycles. The summed E-state index contributed by atoms with van der Waals surface area (Å²) in [4.78, 5) is 4.30. The van der Waals surface area contributed by atoms with E-state index in [0.717, 1.165) is 25.3 Å². The van der Waals surface area contributed by atoms with Crippen LogP contribution in [-0.2, 0) is 4.74 Å². The molecular weight excluding hydrogens is 326 g/mol. The van der Waals surface area contributed by atoms with Gasteiger partial charge < -0.3 is 25.0 Å². The summed E-state index contributed by atoms with van der Waals surface area (Å²) in [5.74, 6) is 0.904. The smallest absolute Gasteiger partial charge is 0.189 e. The molecule has 0 saturated heterocycles. The molecule has 0 heterocycles. The lowest BCUT2D eigenvalue weighted by Gasteiger charge is -2.18. The predicted molar refractivity (Wildman–Crippen MR) is 112 cm³/mol. The maximum atomic E-state index is 5.89. The minimum Gasteiger partial charge on any atom is -0.467 e. The Morgan fingerprint density at radius 3 is 2.31 bits per heavy atom. The average molecular weight is 364 g/mol. The van der Waals surface area contributed by atoms with Crippen molar-refractivity contribution in [2.75, 3.05) is 54.7 Å². The lowest BCUT2D eigenvalue weighted by atomic mass is 9.96. The first-order valence-electron chi connectivity index (χ1n) is 8.95. The molecule has 0 fully saturated rings. The highest BCUT2D eigenvalue weighted by Gasteiger charge is 2.12. The van der Waals surface area contributed by atoms with Crippen molar-refractivity contribution in [1.29, 1.82) is 0 Å². The number of hydrogen-bond donors (Lipinski definition) is 1. The van der Waals surface area contributed by atoms with Crippen molar-refractivity contribution >= 4 is 5.57 Å². The van der Waals surface area contributed by atoms with E-state index in [1.54, 1.807) is 0 Å². The summed E-state index contributed by atoms with van der Waals surface area (Å²) in [7, 11) is 8.26. The number of nitrogens with zero attached hydrogens (tertiary/aromatic N) is 2. The maximum Gasteiger partial charge on any atom is 0.189 e. The third kappa shape index (κ3) is 10.2. The molecule has 0 aliphatic heterocycles. The second-order valence-corrected chi connectivity index (χ2v) is 6.52. The molecule has 0 spiro atoms. The third-order valence-corrected chi connectivity index (χ3v) is 3.71. The normalized spacial score (nSPS) is 11.3. The lowest BCUT2D eigenvalue weighted by Crippen LogP contribution is -2.19. The standard InChI is InChI=1S/C19H32N2O2.C2H5N/c1-7-17(11-12-20(3)4)19-16(2)9-8-10-18(19)23-15-22-14-13-21(5)6;1-2-3/h7-10H,11-15H2,1-6H3;2H,1,3H2/b17-7-;. The number of nitrogens with two attached hydrogens (primary N) is 1. The van der Waals surface area contributed by atoms with Crippen LogP contribution in [0.3, 0.4) is 0 Å². The minimum absolute atomic E-state index is 0.287. The molecule has 1 aromatic rings. The van der Waals surface area contributed by atoms with Crippen LogP contribution in [0.5, 0.6) is 5.75 Å². The van der Waals surface area contributed by atoms with Crippen LogP contribution >= 0.6 is 0 Å². The molecule has 26 heavy (non-hydrogen) atoms. The van der Waals surface area contributed by atoms with Crippen LogP contribution in [0, 0.1) is 6.92 Å². The number of rotatable bonds is 10. The number of likely N-dealkylation sites (N-methyl/N-ethyl adjacent to an activating group) is 1. The van der Waals surface area contributed by atoms with Crippen molar-refractivity contribution in [2.45, 2.75) is 20.3 Å². The fraction of sp³-hybridized carbons (Fsp3) is 0.524. The molecule has 0 bridgehead atoms. The van der Waals surface area contributed by atoms with E-state index in [2.05, 4.69) is 62.2 Å². The molecule has 0 amide bonds. The molecule has 0 aliphatic carbocycles. The number of ether oxygens (including phenoxy) is 2. The van der Waals surface area contributed by atoms with Gasteiger partial charge in [-0.15, -0.1) is 0 Å². The van der Waals surface area contributed by atoms with Crippen molar-refractivity contribution in [3.63, 3.8) is 0 Å². The van der Waals surface area contributed by atoms with Gasteiger partial charge in [0.05, 0.1) is 6.61 Å². The van der Waals surface area contributed by atoms with Gasteiger partial charge in [0.15, 0.2) is 6.79 Å². The van der Waals surface area contributed by atoms with E-state index >= 15 is 0 Å². The summed E-state index contributed by atoms with van der Waals surface area (Å²) in [6.07, 6.45) is 4.44. The van der Waals surface area contributed by atoms with Crippen LogP contribution in [0.2, 0.25) is 0 Å². The Bertz CT molecular complexity index is 540. The Morgan fingerprint density at radius 2 is 1.77 bits per heavy atom. The van der Waals surface area contributed by atoms with Gasteiger partial charge in [-0.1, -0.05) is 24.8 Å². The lowest BCUT2D eigenvalue weighted by molar-refractivity contribution is 0.00943. The first-order chi connectivity index (χ1) is 12.4. The number of aryl methyl sites for hydroxylation is 1. The van der Waals surface area contributed by atoms with E-state index < -0.39 is 0 Å². The Hall–Kier alpha value is -1.82. The van der Waals surface area contributed by atoms with E-state index in [4.69, 9.17) is 9.47 Å². The maximum absolute atomic E-state index is 5.89. The summed E-state index contributed by atoms with van der Waals surface area (Å²) in [5, 5.41) is 0.